The molecule has 1 atom stereocenters. The summed E-state index contributed by atoms with van der Waals surface area (Å²) in [6, 6.07) is 14.0. The van der Waals surface area contributed by atoms with Crippen LogP contribution in [0.3, 0.4) is 0 Å². The Morgan fingerprint density at radius 1 is 1.07 bits per heavy atom. The summed E-state index contributed by atoms with van der Waals surface area (Å²) in [5.41, 5.74) is 1.66. The molecule has 5 rings (SSSR count). The van der Waals surface area contributed by atoms with Crippen molar-refractivity contribution in [3.63, 3.8) is 0 Å². The highest BCUT2D eigenvalue weighted by molar-refractivity contribution is 5.78. The Hall–Kier alpha value is -3.02. The average Bonchev–Trinajstić information content (AvgIpc) is 3.47. The zero-order valence-corrected chi connectivity index (χ0v) is 16.8. The van der Waals surface area contributed by atoms with Crippen LogP contribution < -0.4 is 5.56 Å². The number of fused-ring (bicyclic) bond motifs is 1. The molecule has 1 amide bonds. The largest absolute Gasteiger partial charge is 0.336 e. The summed E-state index contributed by atoms with van der Waals surface area (Å²) in [5, 5.41) is 0.635. The standard InChI is InChI=1S/C24H24FN3O2/c25-17-9-7-16(8-10-17)21-6-3-15-27(21)23(29)14-13-22-26-20-5-2-1-4-19(20)24(30)28(22)18-11-12-18/h1-2,4-5,7-10,18,21H,3,6,11-15H2. The fourth-order valence-corrected chi connectivity index (χ4v) is 4.54. The van der Waals surface area contributed by atoms with E-state index >= 15 is 0 Å². The molecule has 0 bridgehead atoms. The average molecular weight is 405 g/mol. The van der Waals surface area contributed by atoms with Crippen LogP contribution in [0.4, 0.5) is 4.39 Å². The van der Waals surface area contributed by atoms with Gasteiger partial charge in [-0.05, 0) is 55.5 Å². The summed E-state index contributed by atoms with van der Waals surface area (Å²) < 4.78 is 15.1. The summed E-state index contributed by atoms with van der Waals surface area (Å²) in [7, 11) is 0. The molecule has 1 unspecified atom stereocenters. The van der Waals surface area contributed by atoms with Crippen LogP contribution in [0, 0.1) is 5.82 Å². The van der Waals surface area contributed by atoms with E-state index in [2.05, 4.69) is 0 Å². The van der Waals surface area contributed by atoms with Gasteiger partial charge in [0.1, 0.15) is 11.6 Å². The third-order valence-corrected chi connectivity index (χ3v) is 6.18. The predicted molar refractivity (Wildman–Crippen MR) is 113 cm³/mol. The molecule has 2 aromatic carbocycles. The molecule has 1 saturated carbocycles. The molecule has 2 aliphatic rings. The molecule has 3 aromatic rings. The van der Waals surface area contributed by atoms with E-state index in [0.717, 1.165) is 31.2 Å². The van der Waals surface area contributed by atoms with Crippen molar-refractivity contribution in [2.45, 2.75) is 50.6 Å². The molecule has 0 spiro atoms. The maximum Gasteiger partial charge on any atom is 0.261 e. The first-order chi connectivity index (χ1) is 14.6. The first-order valence-corrected chi connectivity index (χ1v) is 10.7. The second kappa shape index (κ2) is 7.67. The molecule has 0 radical (unpaired) electrons. The minimum atomic E-state index is -0.268. The van der Waals surface area contributed by atoms with Gasteiger partial charge in [-0.15, -0.1) is 0 Å². The molecule has 1 aliphatic heterocycles. The smallest absolute Gasteiger partial charge is 0.261 e. The second-order valence-electron chi connectivity index (χ2n) is 8.25. The van der Waals surface area contributed by atoms with Crippen LogP contribution in [-0.2, 0) is 11.2 Å². The van der Waals surface area contributed by atoms with E-state index in [9.17, 15) is 14.0 Å². The molecule has 154 valence electrons. The number of hydrogen-bond acceptors (Lipinski definition) is 3. The lowest BCUT2D eigenvalue weighted by atomic mass is 10.0. The molecule has 6 heteroatoms. The molecule has 1 aromatic heterocycles. The van der Waals surface area contributed by atoms with Crippen molar-refractivity contribution in [2.75, 3.05) is 6.54 Å². The minimum absolute atomic E-state index is 0.00379. The first-order valence-electron chi connectivity index (χ1n) is 10.7. The lowest BCUT2D eigenvalue weighted by Gasteiger charge is -2.25. The van der Waals surface area contributed by atoms with Gasteiger partial charge in [0.25, 0.3) is 5.56 Å². The highest BCUT2D eigenvalue weighted by Crippen LogP contribution is 2.35. The van der Waals surface area contributed by atoms with Crippen LogP contribution in [0.2, 0.25) is 0 Å². The van der Waals surface area contributed by atoms with Gasteiger partial charge in [0.05, 0.1) is 16.9 Å². The normalized spacial score (nSPS) is 18.8. The highest BCUT2D eigenvalue weighted by atomic mass is 19.1. The highest BCUT2D eigenvalue weighted by Gasteiger charge is 2.31. The van der Waals surface area contributed by atoms with E-state index in [-0.39, 0.29) is 29.4 Å². The Labute approximate surface area is 174 Å². The van der Waals surface area contributed by atoms with E-state index in [1.165, 1.54) is 12.1 Å². The molecule has 2 fully saturated rings. The predicted octanol–water partition coefficient (Wildman–Crippen LogP) is 4.17. The fourth-order valence-electron chi connectivity index (χ4n) is 4.54. The first kappa shape index (κ1) is 19.0. The van der Waals surface area contributed by atoms with Crippen LogP contribution in [0.15, 0.2) is 53.3 Å². The van der Waals surface area contributed by atoms with E-state index in [4.69, 9.17) is 4.98 Å². The van der Waals surface area contributed by atoms with Crippen LogP contribution in [0.25, 0.3) is 10.9 Å². The fraction of sp³-hybridized carbons (Fsp3) is 0.375. The molecule has 2 heterocycles. The van der Waals surface area contributed by atoms with Gasteiger partial charge in [-0.3, -0.25) is 14.2 Å². The maximum absolute atomic E-state index is 13.3. The van der Waals surface area contributed by atoms with Gasteiger partial charge in [-0.1, -0.05) is 24.3 Å². The van der Waals surface area contributed by atoms with Gasteiger partial charge in [-0.25, -0.2) is 9.37 Å². The molecule has 1 aliphatic carbocycles. The molecular weight excluding hydrogens is 381 g/mol. The zero-order chi connectivity index (χ0) is 20.7. The van der Waals surface area contributed by atoms with Gasteiger partial charge in [0.15, 0.2) is 0 Å². The van der Waals surface area contributed by atoms with Crippen molar-refractivity contribution in [2.24, 2.45) is 0 Å². The van der Waals surface area contributed by atoms with Crippen LogP contribution in [-0.4, -0.2) is 26.9 Å². The summed E-state index contributed by atoms with van der Waals surface area (Å²) in [4.78, 5) is 32.7. The van der Waals surface area contributed by atoms with Crippen LogP contribution in [0.1, 0.15) is 55.6 Å². The summed E-state index contributed by atoms with van der Waals surface area (Å²) in [6.07, 6.45) is 4.56. The number of aryl methyl sites for hydroxylation is 1. The van der Waals surface area contributed by atoms with Crippen molar-refractivity contribution in [1.82, 2.24) is 14.5 Å². The van der Waals surface area contributed by atoms with Crippen molar-refractivity contribution in [3.8, 4) is 0 Å². The SMILES string of the molecule is O=C(CCc1nc2ccccc2c(=O)n1C1CC1)N1CCCC1c1ccc(F)cc1. The number of aromatic nitrogens is 2. The number of rotatable bonds is 5. The quantitative estimate of drug-likeness (QED) is 0.640. The Morgan fingerprint density at radius 3 is 2.60 bits per heavy atom. The lowest BCUT2D eigenvalue weighted by Crippen LogP contribution is -2.31. The topological polar surface area (TPSA) is 55.2 Å². The van der Waals surface area contributed by atoms with Gasteiger partial charge in [0.2, 0.25) is 5.91 Å². The van der Waals surface area contributed by atoms with Gasteiger partial charge >= 0.3 is 0 Å². The molecule has 30 heavy (non-hydrogen) atoms. The van der Waals surface area contributed by atoms with E-state index in [0.29, 0.717) is 36.1 Å². The van der Waals surface area contributed by atoms with Crippen LogP contribution >= 0.6 is 0 Å². The minimum Gasteiger partial charge on any atom is -0.336 e. The van der Waals surface area contributed by atoms with Crippen molar-refractivity contribution in [1.29, 1.82) is 0 Å². The molecular formula is C24H24FN3O2. The maximum atomic E-state index is 13.3. The van der Waals surface area contributed by atoms with Crippen molar-refractivity contribution >= 4 is 16.8 Å². The Balaban J connectivity index is 1.37. The summed E-state index contributed by atoms with van der Waals surface area (Å²) in [6.45, 7) is 0.710. The molecule has 1 saturated heterocycles. The third-order valence-electron chi connectivity index (χ3n) is 6.18. The van der Waals surface area contributed by atoms with Gasteiger partial charge < -0.3 is 4.90 Å². The molecule has 0 N–H and O–H groups in total. The van der Waals surface area contributed by atoms with E-state index in [1.54, 1.807) is 16.7 Å². The van der Waals surface area contributed by atoms with E-state index in [1.807, 2.05) is 29.2 Å². The number of halogens is 1. The van der Waals surface area contributed by atoms with Crippen LogP contribution in [0.5, 0.6) is 0 Å². The number of carbonyl (C=O) groups excluding carboxylic acids is 1. The number of amides is 1. The van der Waals surface area contributed by atoms with Gasteiger partial charge in [-0.2, -0.15) is 0 Å². The molecule has 5 nitrogen and oxygen atoms in total. The third kappa shape index (κ3) is 3.51. The van der Waals surface area contributed by atoms with Crippen molar-refractivity contribution in [3.05, 3.63) is 76.1 Å². The monoisotopic (exact) mass is 405 g/mol. The number of nitrogens with zero attached hydrogens (tertiary/aromatic N) is 3. The summed E-state index contributed by atoms with van der Waals surface area (Å²) in [5.74, 6) is 0.494. The number of likely N-dealkylation sites (tertiary alicyclic amines) is 1. The number of para-hydroxylation sites is 1. The Bertz CT molecular complexity index is 1150. The Morgan fingerprint density at radius 2 is 1.83 bits per heavy atom. The number of hydrogen-bond donors (Lipinski definition) is 0. The lowest BCUT2D eigenvalue weighted by molar-refractivity contribution is -0.132. The van der Waals surface area contributed by atoms with Gasteiger partial charge in [0, 0.05) is 25.4 Å². The van der Waals surface area contributed by atoms with Crippen molar-refractivity contribution < 1.29 is 9.18 Å². The Kier molecular flexibility index (Phi) is 4.85. The number of benzene rings is 2. The number of carbonyl (C=O) groups is 1. The zero-order valence-electron chi connectivity index (χ0n) is 16.8. The van der Waals surface area contributed by atoms with E-state index < -0.39 is 0 Å². The summed E-state index contributed by atoms with van der Waals surface area (Å²) >= 11 is 0. The second-order valence-corrected chi connectivity index (χ2v) is 8.25.